The highest BCUT2D eigenvalue weighted by atomic mass is 79.9. The Kier molecular flexibility index (Phi) is 26.9. The zero-order valence-corrected chi connectivity index (χ0v) is 18.5. The highest BCUT2D eigenvalue weighted by Crippen LogP contribution is 2.18. The van der Waals surface area contributed by atoms with Crippen LogP contribution < -0.4 is 5.32 Å². The number of nitrogens with one attached hydrogen (secondary N) is 1. The van der Waals surface area contributed by atoms with Crippen molar-refractivity contribution in [3.63, 3.8) is 0 Å². The van der Waals surface area contributed by atoms with Gasteiger partial charge in [0.05, 0.1) is 0 Å². The van der Waals surface area contributed by atoms with Gasteiger partial charge < -0.3 is 10.4 Å². The van der Waals surface area contributed by atoms with Crippen LogP contribution in [-0.2, 0) is 4.79 Å². The molecule has 0 atom stereocenters. The van der Waals surface area contributed by atoms with Crippen molar-refractivity contribution in [2.45, 2.75) is 97.8 Å². The molecule has 0 heterocycles. The van der Waals surface area contributed by atoms with Gasteiger partial charge in [0.15, 0.2) is 0 Å². The fourth-order valence-corrected chi connectivity index (χ4v) is 2.61. The number of carboxylic acids is 1. The van der Waals surface area contributed by atoms with Crippen molar-refractivity contribution in [1.29, 1.82) is 0 Å². The first-order valence-corrected chi connectivity index (χ1v) is 9.55. The van der Waals surface area contributed by atoms with Gasteiger partial charge in [0.1, 0.15) is 0 Å². The summed E-state index contributed by atoms with van der Waals surface area (Å²) in [5.74, 6) is -0.756. The summed E-state index contributed by atoms with van der Waals surface area (Å²) in [7, 11) is 3.75. The average Bonchev–Trinajstić information content (AvgIpc) is 2.53. The van der Waals surface area contributed by atoms with Crippen LogP contribution in [0.3, 0.4) is 0 Å². The lowest BCUT2D eigenvalue weighted by Crippen LogP contribution is -2.01. The summed E-state index contributed by atoms with van der Waals surface area (Å²) in [5.41, 5.74) is 1.68. The molecule has 0 aliphatic heterocycles. The average molecular weight is 408 g/mol. The largest absolute Gasteiger partial charge is 0.478 e. The van der Waals surface area contributed by atoms with Gasteiger partial charge in [0.2, 0.25) is 0 Å². The van der Waals surface area contributed by atoms with Crippen molar-refractivity contribution < 1.29 is 9.90 Å². The molecule has 3 nitrogen and oxygen atoms in total. The molecule has 146 valence electrons. The van der Waals surface area contributed by atoms with Crippen LogP contribution >= 0.6 is 17.0 Å². The minimum absolute atomic E-state index is 0. The van der Waals surface area contributed by atoms with Crippen molar-refractivity contribution in [2.75, 3.05) is 14.1 Å². The Labute approximate surface area is 161 Å². The number of carbonyl (C=O) groups is 1. The van der Waals surface area contributed by atoms with Crippen LogP contribution in [0.25, 0.3) is 0 Å². The predicted molar refractivity (Wildman–Crippen MR) is 112 cm³/mol. The lowest BCUT2D eigenvalue weighted by Gasteiger charge is -2.07. The molecular formula is C20H42BrNO2. The SMILES string of the molecule is Br.CCCCCCCCCCCC/C(CC)=C(\C)C(=O)O.CNC. The standard InChI is InChI=1S/C18H34O2.C2H7N.BrH/c1-4-6-7-8-9-10-11-12-13-14-15-17(5-2)16(3)18(19)20;1-3-2;/h4-15H2,1-3H3,(H,19,20);3H,1-2H3;1H/b17-16+;;. The quantitative estimate of drug-likeness (QED) is 0.269. The molecule has 24 heavy (non-hydrogen) atoms. The van der Waals surface area contributed by atoms with Gasteiger partial charge in [-0.1, -0.05) is 77.2 Å². The Morgan fingerprint density at radius 2 is 1.21 bits per heavy atom. The lowest BCUT2D eigenvalue weighted by molar-refractivity contribution is -0.132. The van der Waals surface area contributed by atoms with Crippen molar-refractivity contribution >= 4 is 23.0 Å². The first-order chi connectivity index (χ1) is 11.0. The summed E-state index contributed by atoms with van der Waals surface area (Å²) in [4.78, 5) is 10.9. The summed E-state index contributed by atoms with van der Waals surface area (Å²) in [6.45, 7) is 6.04. The fourth-order valence-electron chi connectivity index (χ4n) is 2.61. The molecule has 0 radical (unpaired) electrons. The molecule has 0 saturated carbocycles. The number of hydrogen-bond acceptors (Lipinski definition) is 2. The molecule has 0 saturated heterocycles. The molecule has 0 aromatic heterocycles. The number of rotatable bonds is 13. The van der Waals surface area contributed by atoms with Gasteiger partial charge in [-0.15, -0.1) is 17.0 Å². The molecule has 0 aromatic rings. The molecule has 0 unspecified atom stereocenters. The van der Waals surface area contributed by atoms with E-state index < -0.39 is 5.97 Å². The molecule has 4 heteroatoms. The molecule has 0 aliphatic carbocycles. The molecule has 0 fully saturated rings. The maximum atomic E-state index is 10.9. The van der Waals surface area contributed by atoms with Gasteiger partial charge in [0.25, 0.3) is 0 Å². The van der Waals surface area contributed by atoms with Gasteiger partial charge in [-0.3, -0.25) is 0 Å². The summed E-state index contributed by atoms with van der Waals surface area (Å²) in [6, 6.07) is 0. The molecule has 0 aromatic carbocycles. The number of hydrogen-bond donors (Lipinski definition) is 2. The number of halogens is 1. The Morgan fingerprint density at radius 1 is 0.833 bits per heavy atom. The second-order valence-electron chi connectivity index (χ2n) is 6.32. The van der Waals surface area contributed by atoms with Crippen molar-refractivity contribution in [3.05, 3.63) is 11.1 Å². The molecule has 0 amide bonds. The maximum absolute atomic E-state index is 10.9. The summed E-state index contributed by atoms with van der Waals surface area (Å²) in [5, 5.41) is 11.7. The first-order valence-electron chi connectivity index (χ1n) is 9.55. The van der Waals surface area contributed by atoms with E-state index in [2.05, 4.69) is 19.2 Å². The number of allylic oxidation sites excluding steroid dienone is 1. The molecule has 0 spiro atoms. The van der Waals surface area contributed by atoms with Gasteiger partial charge in [-0.25, -0.2) is 4.79 Å². The van der Waals surface area contributed by atoms with Crippen LogP contribution in [0.2, 0.25) is 0 Å². The fraction of sp³-hybridized carbons (Fsp3) is 0.850. The van der Waals surface area contributed by atoms with E-state index in [1.807, 2.05) is 14.1 Å². The van der Waals surface area contributed by atoms with Gasteiger partial charge in [0, 0.05) is 5.57 Å². The van der Waals surface area contributed by atoms with Gasteiger partial charge in [-0.05, 0) is 40.3 Å². The second-order valence-corrected chi connectivity index (χ2v) is 6.32. The van der Waals surface area contributed by atoms with E-state index in [1.165, 1.54) is 57.8 Å². The molecular weight excluding hydrogens is 366 g/mol. The highest BCUT2D eigenvalue weighted by molar-refractivity contribution is 8.93. The van der Waals surface area contributed by atoms with Crippen LogP contribution in [0, 0.1) is 0 Å². The van der Waals surface area contributed by atoms with E-state index in [0.29, 0.717) is 5.57 Å². The smallest absolute Gasteiger partial charge is 0.331 e. The third kappa shape index (κ3) is 19.7. The summed E-state index contributed by atoms with van der Waals surface area (Å²) < 4.78 is 0. The van der Waals surface area contributed by atoms with E-state index in [-0.39, 0.29) is 17.0 Å². The molecule has 0 bridgehead atoms. The van der Waals surface area contributed by atoms with E-state index in [4.69, 9.17) is 5.11 Å². The second kappa shape index (κ2) is 22.6. The van der Waals surface area contributed by atoms with E-state index in [0.717, 1.165) is 24.8 Å². The molecule has 0 aliphatic rings. The first kappa shape index (κ1) is 28.5. The molecule has 0 rings (SSSR count). The number of unbranched alkanes of at least 4 members (excludes halogenated alkanes) is 9. The summed E-state index contributed by atoms with van der Waals surface area (Å²) >= 11 is 0. The lowest BCUT2D eigenvalue weighted by atomic mass is 9.99. The monoisotopic (exact) mass is 407 g/mol. The normalized spacial score (nSPS) is 11.0. The predicted octanol–water partition coefficient (Wildman–Crippen LogP) is 6.52. The Balaban J connectivity index is -0.00000102. The van der Waals surface area contributed by atoms with E-state index in [9.17, 15) is 4.79 Å². The Bertz CT molecular complexity index is 304. The van der Waals surface area contributed by atoms with Crippen LogP contribution in [0.4, 0.5) is 0 Å². The zero-order chi connectivity index (χ0) is 17.9. The maximum Gasteiger partial charge on any atom is 0.331 e. The Morgan fingerprint density at radius 3 is 1.54 bits per heavy atom. The minimum atomic E-state index is -0.756. The van der Waals surface area contributed by atoms with Crippen LogP contribution in [0.5, 0.6) is 0 Å². The van der Waals surface area contributed by atoms with E-state index in [1.54, 1.807) is 6.92 Å². The van der Waals surface area contributed by atoms with Crippen LogP contribution in [-0.4, -0.2) is 25.2 Å². The number of carboxylic acid groups (broad SMARTS) is 1. The van der Waals surface area contributed by atoms with Crippen LogP contribution in [0.1, 0.15) is 97.8 Å². The Hall–Kier alpha value is -0.350. The summed E-state index contributed by atoms with van der Waals surface area (Å²) in [6.07, 6.45) is 15.1. The van der Waals surface area contributed by atoms with Crippen molar-refractivity contribution in [2.24, 2.45) is 0 Å². The number of aliphatic carboxylic acids is 1. The third-order valence-corrected chi connectivity index (χ3v) is 4.11. The topological polar surface area (TPSA) is 49.3 Å². The zero-order valence-electron chi connectivity index (χ0n) is 16.7. The van der Waals surface area contributed by atoms with Crippen LogP contribution in [0.15, 0.2) is 11.1 Å². The van der Waals surface area contributed by atoms with Gasteiger partial charge in [-0.2, -0.15) is 0 Å². The van der Waals surface area contributed by atoms with Crippen molar-refractivity contribution in [3.8, 4) is 0 Å². The highest BCUT2D eigenvalue weighted by Gasteiger charge is 2.07. The minimum Gasteiger partial charge on any atom is -0.478 e. The van der Waals surface area contributed by atoms with E-state index >= 15 is 0 Å². The molecule has 2 N–H and O–H groups in total. The van der Waals surface area contributed by atoms with Crippen molar-refractivity contribution in [1.82, 2.24) is 5.32 Å². The van der Waals surface area contributed by atoms with Gasteiger partial charge >= 0.3 is 5.97 Å². The third-order valence-electron chi connectivity index (χ3n) is 4.11.